The smallest absolute Gasteiger partial charge is 0.118 e. The lowest BCUT2D eigenvalue weighted by Gasteiger charge is -2.35. The molecule has 20 heavy (non-hydrogen) atoms. The lowest BCUT2D eigenvalue weighted by Crippen LogP contribution is -2.42. The van der Waals surface area contributed by atoms with Crippen molar-refractivity contribution in [1.82, 2.24) is 4.90 Å². The summed E-state index contributed by atoms with van der Waals surface area (Å²) >= 11 is 0. The molecule has 0 spiro atoms. The Balaban J connectivity index is 2.96. The van der Waals surface area contributed by atoms with Gasteiger partial charge in [-0.15, -0.1) is 0 Å². The fourth-order valence-corrected chi connectivity index (χ4v) is 2.46. The van der Waals surface area contributed by atoms with Crippen LogP contribution in [0.3, 0.4) is 0 Å². The molecule has 1 aromatic rings. The Morgan fingerprint density at radius 1 is 1.15 bits per heavy atom. The topological polar surface area (TPSA) is 47.7 Å². The average Bonchev–Trinajstić information content (AvgIpc) is 2.51. The van der Waals surface area contributed by atoms with E-state index < -0.39 is 0 Å². The van der Waals surface area contributed by atoms with E-state index in [2.05, 4.69) is 30.9 Å². The first kappa shape index (κ1) is 17.0. The lowest BCUT2D eigenvalue weighted by molar-refractivity contribution is 0.112. The van der Waals surface area contributed by atoms with Crippen LogP contribution >= 0.6 is 0 Å². The van der Waals surface area contributed by atoms with Crippen molar-refractivity contribution in [2.75, 3.05) is 33.9 Å². The van der Waals surface area contributed by atoms with E-state index in [1.807, 2.05) is 12.1 Å². The van der Waals surface area contributed by atoms with E-state index in [0.717, 1.165) is 31.9 Å². The zero-order chi connectivity index (χ0) is 15.0. The first-order valence-electron chi connectivity index (χ1n) is 7.30. The molecule has 0 heterocycles. The normalized spacial score (nSPS) is 14.3. The van der Waals surface area contributed by atoms with Gasteiger partial charge in [0, 0.05) is 25.7 Å². The molecule has 0 saturated heterocycles. The minimum atomic E-state index is 0.111. The molecule has 0 amide bonds. The first-order chi connectivity index (χ1) is 9.67. The lowest BCUT2D eigenvalue weighted by atomic mass is 9.96. The van der Waals surface area contributed by atoms with E-state index >= 15 is 0 Å². The van der Waals surface area contributed by atoms with Crippen LogP contribution in [0.4, 0.5) is 0 Å². The highest BCUT2D eigenvalue weighted by Gasteiger charge is 2.24. The van der Waals surface area contributed by atoms with Gasteiger partial charge in [0.15, 0.2) is 0 Å². The second-order valence-electron chi connectivity index (χ2n) is 4.91. The summed E-state index contributed by atoms with van der Waals surface area (Å²) in [6.45, 7) is 6.85. The fraction of sp³-hybridized carbons (Fsp3) is 0.625. The molecule has 0 aliphatic carbocycles. The standard InChI is InChI=1S/C16H28N2O2/c1-5-15(17)16(18(6-2)11-12-19-3)13-7-9-14(20-4)10-8-13/h7-10,15-16H,5-6,11-12,17H2,1-4H3. The second kappa shape index (κ2) is 8.95. The van der Waals surface area contributed by atoms with Crippen molar-refractivity contribution in [2.24, 2.45) is 5.73 Å². The summed E-state index contributed by atoms with van der Waals surface area (Å²) < 4.78 is 10.4. The molecule has 0 aromatic heterocycles. The van der Waals surface area contributed by atoms with E-state index in [1.165, 1.54) is 5.56 Å². The first-order valence-corrected chi connectivity index (χ1v) is 7.30. The van der Waals surface area contributed by atoms with Crippen LogP contribution in [0.25, 0.3) is 0 Å². The largest absolute Gasteiger partial charge is 0.497 e. The molecule has 0 radical (unpaired) electrons. The molecule has 0 fully saturated rings. The number of hydrogen-bond donors (Lipinski definition) is 1. The van der Waals surface area contributed by atoms with Gasteiger partial charge in [0.1, 0.15) is 5.75 Å². The van der Waals surface area contributed by atoms with Gasteiger partial charge < -0.3 is 15.2 Å². The predicted octanol–water partition coefficient (Wildman–Crippen LogP) is 2.44. The minimum Gasteiger partial charge on any atom is -0.497 e. The summed E-state index contributed by atoms with van der Waals surface area (Å²) in [5.74, 6) is 0.873. The fourth-order valence-electron chi connectivity index (χ4n) is 2.46. The minimum absolute atomic E-state index is 0.111. The van der Waals surface area contributed by atoms with E-state index in [9.17, 15) is 0 Å². The molecule has 0 aliphatic heterocycles. The third-order valence-electron chi connectivity index (χ3n) is 3.72. The summed E-state index contributed by atoms with van der Waals surface area (Å²) in [5.41, 5.74) is 7.59. The molecule has 2 N–H and O–H groups in total. The zero-order valence-electron chi connectivity index (χ0n) is 13.1. The molecule has 0 aliphatic rings. The van der Waals surface area contributed by atoms with Crippen LogP contribution in [-0.4, -0.2) is 44.9 Å². The Bertz CT molecular complexity index is 367. The molecule has 2 atom stereocenters. The second-order valence-corrected chi connectivity index (χ2v) is 4.91. The summed E-state index contributed by atoms with van der Waals surface area (Å²) in [6.07, 6.45) is 0.945. The van der Waals surface area contributed by atoms with Crippen molar-refractivity contribution in [2.45, 2.75) is 32.4 Å². The molecule has 1 aromatic carbocycles. The van der Waals surface area contributed by atoms with Crippen molar-refractivity contribution < 1.29 is 9.47 Å². The number of methoxy groups -OCH3 is 2. The van der Waals surface area contributed by atoms with Gasteiger partial charge in [-0.3, -0.25) is 4.90 Å². The average molecular weight is 280 g/mol. The highest BCUT2D eigenvalue weighted by atomic mass is 16.5. The summed E-state index contributed by atoms with van der Waals surface area (Å²) in [4.78, 5) is 2.37. The van der Waals surface area contributed by atoms with Crippen LogP contribution < -0.4 is 10.5 Å². The third kappa shape index (κ3) is 4.47. The van der Waals surface area contributed by atoms with Gasteiger partial charge in [-0.2, -0.15) is 0 Å². The Morgan fingerprint density at radius 3 is 2.25 bits per heavy atom. The number of ether oxygens (including phenoxy) is 2. The van der Waals surface area contributed by atoms with E-state index in [4.69, 9.17) is 15.2 Å². The molecule has 4 nitrogen and oxygen atoms in total. The van der Waals surface area contributed by atoms with Crippen molar-refractivity contribution in [3.05, 3.63) is 29.8 Å². The van der Waals surface area contributed by atoms with Gasteiger partial charge in [-0.05, 0) is 30.7 Å². The van der Waals surface area contributed by atoms with Crippen LogP contribution in [0.5, 0.6) is 5.75 Å². The quantitative estimate of drug-likeness (QED) is 0.755. The third-order valence-corrected chi connectivity index (χ3v) is 3.72. The molecule has 1 rings (SSSR count). The Hall–Kier alpha value is -1.10. The van der Waals surface area contributed by atoms with Crippen LogP contribution in [0.2, 0.25) is 0 Å². The van der Waals surface area contributed by atoms with Gasteiger partial charge in [-0.25, -0.2) is 0 Å². The molecule has 2 unspecified atom stereocenters. The van der Waals surface area contributed by atoms with Crippen LogP contribution in [-0.2, 0) is 4.74 Å². The Labute approximate surface area is 122 Å². The summed E-state index contributed by atoms with van der Waals surface area (Å²) in [7, 11) is 3.41. The van der Waals surface area contributed by atoms with Crippen molar-refractivity contribution in [3.63, 3.8) is 0 Å². The van der Waals surface area contributed by atoms with Gasteiger partial charge >= 0.3 is 0 Å². The van der Waals surface area contributed by atoms with E-state index in [0.29, 0.717) is 0 Å². The molecule has 4 heteroatoms. The predicted molar refractivity (Wildman–Crippen MR) is 83.1 cm³/mol. The van der Waals surface area contributed by atoms with Gasteiger partial charge in [-0.1, -0.05) is 26.0 Å². The SMILES string of the molecule is CCC(N)C(c1ccc(OC)cc1)N(CC)CCOC. The molecule has 0 saturated carbocycles. The number of benzene rings is 1. The zero-order valence-corrected chi connectivity index (χ0v) is 13.1. The van der Waals surface area contributed by atoms with E-state index in [1.54, 1.807) is 14.2 Å². The maximum Gasteiger partial charge on any atom is 0.118 e. The molecular formula is C16H28N2O2. The Morgan fingerprint density at radius 2 is 1.80 bits per heavy atom. The highest BCUT2D eigenvalue weighted by Crippen LogP contribution is 2.26. The Kier molecular flexibility index (Phi) is 7.59. The van der Waals surface area contributed by atoms with Crippen molar-refractivity contribution in [3.8, 4) is 5.75 Å². The highest BCUT2D eigenvalue weighted by molar-refractivity contribution is 5.30. The summed E-state index contributed by atoms with van der Waals surface area (Å²) in [5, 5.41) is 0. The molecule has 0 bridgehead atoms. The number of likely N-dealkylation sites (N-methyl/N-ethyl adjacent to an activating group) is 1. The van der Waals surface area contributed by atoms with Gasteiger partial charge in [0.05, 0.1) is 13.7 Å². The van der Waals surface area contributed by atoms with Crippen LogP contribution in [0.15, 0.2) is 24.3 Å². The maximum atomic E-state index is 6.35. The number of nitrogens with two attached hydrogens (primary N) is 1. The number of nitrogens with zero attached hydrogens (tertiary/aromatic N) is 1. The number of rotatable bonds is 9. The molecule has 114 valence electrons. The van der Waals surface area contributed by atoms with Crippen molar-refractivity contribution >= 4 is 0 Å². The van der Waals surface area contributed by atoms with Gasteiger partial charge in [0.2, 0.25) is 0 Å². The maximum absolute atomic E-state index is 6.35. The summed E-state index contributed by atoms with van der Waals surface area (Å²) in [6, 6.07) is 8.53. The number of hydrogen-bond acceptors (Lipinski definition) is 4. The van der Waals surface area contributed by atoms with Gasteiger partial charge in [0.25, 0.3) is 0 Å². The van der Waals surface area contributed by atoms with Crippen molar-refractivity contribution in [1.29, 1.82) is 0 Å². The van der Waals surface area contributed by atoms with Crippen LogP contribution in [0.1, 0.15) is 31.9 Å². The monoisotopic (exact) mass is 280 g/mol. The molecular weight excluding hydrogens is 252 g/mol. The van der Waals surface area contributed by atoms with E-state index in [-0.39, 0.29) is 12.1 Å². The van der Waals surface area contributed by atoms with Crippen LogP contribution in [0, 0.1) is 0 Å².